The highest BCUT2D eigenvalue weighted by Crippen LogP contribution is 2.39. The van der Waals surface area contributed by atoms with Crippen LogP contribution in [0.15, 0.2) is 12.1 Å². The van der Waals surface area contributed by atoms with Crippen LogP contribution in [-0.2, 0) is 17.6 Å². The van der Waals surface area contributed by atoms with E-state index in [-0.39, 0.29) is 6.47 Å². The molecule has 1 aliphatic carbocycles. The zero-order chi connectivity index (χ0) is 21.4. The van der Waals surface area contributed by atoms with E-state index in [1.54, 1.807) is 7.11 Å². The summed E-state index contributed by atoms with van der Waals surface area (Å²) < 4.78 is 11.6. The van der Waals surface area contributed by atoms with E-state index < -0.39 is 0 Å². The van der Waals surface area contributed by atoms with Crippen LogP contribution in [-0.4, -0.2) is 61.9 Å². The third-order valence-electron chi connectivity index (χ3n) is 4.78. The lowest BCUT2D eigenvalue weighted by Crippen LogP contribution is -2.15. The number of carboxylic acid groups (broad SMARTS) is 1. The van der Waals surface area contributed by atoms with Crippen LogP contribution < -0.4 is 14.8 Å². The van der Waals surface area contributed by atoms with Crippen LogP contribution in [0.1, 0.15) is 37.8 Å². The molecule has 0 radical (unpaired) electrons. The molecule has 0 aliphatic heterocycles. The Morgan fingerprint density at radius 1 is 1.24 bits per heavy atom. The molecule has 0 saturated heterocycles. The molecule has 0 fully saturated rings. The van der Waals surface area contributed by atoms with E-state index >= 15 is 0 Å². The fraction of sp³-hybridized carbons (Fsp3) is 0.545. The summed E-state index contributed by atoms with van der Waals surface area (Å²) in [4.78, 5) is 15.4. The molecule has 1 aliphatic rings. The predicted molar refractivity (Wildman–Crippen MR) is 116 cm³/mol. The number of pyridine rings is 1. The van der Waals surface area contributed by atoms with E-state index in [4.69, 9.17) is 24.4 Å². The largest absolute Gasteiger partial charge is 0.493 e. The molecule has 0 atom stereocenters. The molecule has 29 heavy (non-hydrogen) atoms. The summed E-state index contributed by atoms with van der Waals surface area (Å²) >= 11 is 0. The van der Waals surface area contributed by atoms with Crippen molar-refractivity contribution >= 4 is 23.2 Å². The van der Waals surface area contributed by atoms with Gasteiger partial charge in [0.2, 0.25) is 0 Å². The molecule has 0 bridgehead atoms. The average Bonchev–Trinajstić information content (AvgIpc) is 3.15. The lowest BCUT2D eigenvalue weighted by atomic mass is 10.0. The molecule has 1 aromatic carbocycles. The van der Waals surface area contributed by atoms with Gasteiger partial charge in [-0.25, -0.2) is 4.98 Å². The Balaban J connectivity index is 0.000000941. The molecule has 3 rings (SSSR count). The van der Waals surface area contributed by atoms with E-state index in [0.717, 1.165) is 48.6 Å². The van der Waals surface area contributed by atoms with Crippen LogP contribution in [0.2, 0.25) is 0 Å². The van der Waals surface area contributed by atoms with Crippen molar-refractivity contribution in [3.63, 3.8) is 0 Å². The summed E-state index contributed by atoms with van der Waals surface area (Å²) in [6.45, 7) is 5.73. The normalized spacial score (nSPS) is 12.5. The number of nitrogens with zero attached hydrogens (tertiary/aromatic N) is 2. The third-order valence-corrected chi connectivity index (χ3v) is 4.78. The van der Waals surface area contributed by atoms with Gasteiger partial charge in [0.1, 0.15) is 5.82 Å². The minimum Gasteiger partial charge on any atom is -0.493 e. The predicted octanol–water partition coefficient (Wildman–Crippen LogP) is 3.58. The van der Waals surface area contributed by atoms with Gasteiger partial charge in [-0.2, -0.15) is 0 Å². The van der Waals surface area contributed by atoms with E-state index in [1.807, 2.05) is 6.07 Å². The number of rotatable bonds is 8. The Bertz CT molecular complexity index is 822. The molecule has 0 amide bonds. The Hall–Kier alpha value is -2.54. The third kappa shape index (κ3) is 5.97. The first-order chi connectivity index (χ1) is 13.9. The second kappa shape index (κ2) is 10.9. The van der Waals surface area contributed by atoms with Crippen LogP contribution in [0.4, 0.5) is 5.82 Å². The summed E-state index contributed by atoms with van der Waals surface area (Å²) in [6.07, 6.45) is 4.37. The summed E-state index contributed by atoms with van der Waals surface area (Å²) in [6, 6.07) is 4.51. The summed E-state index contributed by atoms with van der Waals surface area (Å²) in [5.41, 5.74) is 3.76. The van der Waals surface area contributed by atoms with Gasteiger partial charge in [0, 0.05) is 24.0 Å². The molecule has 1 heterocycles. The van der Waals surface area contributed by atoms with Gasteiger partial charge in [-0.05, 0) is 70.8 Å². The molecular formula is C22H33N3O4. The van der Waals surface area contributed by atoms with E-state index in [0.29, 0.717) is 12.6 Å². The number of ether oxygens (including phenoxy) is 2. The topological polar surface area (TPSA) is 83.9 Å². The number of nitrogens with one attached hydrogen (secondary N) is 1. The number of carbonyl (C=O) groups is 1. The van der Waals surface area contributed by atoms with Gasteiger partial charge < -0.3 is 24.8 Å². The Labute approximate surface area is 173 Å². The van der Waals surface area contributed by atoms with Gasteiger partial charge in [0.05, 0.1) is 19.2 Å². The van der Waals surface area contributed by atoms with Crippen molar-refractivity contribution in [2.24, 2.45) is 0 Å². The molecule has 2 N–H and O–H groups in total. The van der Waals surface area contributed by atoms with Gasteiger partial charge in [0.15, 0.2) is 11.5 Å². The molecule has 7 nitrogen and oxygen atoms in total. The molecule has 0 spiro atoms. The number of methoxy groups -OCH3 is 1. The van der Waals surface area contributed by atoms with Crippen LogP contribution in [0.3, 0.4) is 0 Å². The lowest BCUT2D eigenvalue weighted by molar-refractivity contribution is -0.122. The summed E-state index contributed by atoms with van der Waals surface area (Å²) in [5.74, 6) is 2.60. The highest BCUT2D eigenvalue weighted by atomic mass is 16.5. The second-order valence-corrected chi connectivity index (χ2v) is 7.70. The molecular weight excluding hydrogens is 370 g/mol. The standard InChI is InChI=1S/C21H31N3O2.CH2O2/c1-14(2)22-21-16-9-6-8-15(16)17-12-19(25-5)20(13-18(17)23-21)26-11-7-10-24(3)4;2-1-3/h12-14H,6-11H2,1-5H3,(H,22,23);1H,(H,2,3). The van der Waals surface area contributed by atoms with Crippen LogP contribution >= 0.6 is 0 Å². The number of benzene rings is 1. The quantitative estimate of drug-likeness (QED) is 0.515. The van der Waals surface area contributed by atoms with Crippen molar-refractivity contribution in [3.8, 4) is 11.5 Å². The fourth-order valence-corrected chi connectivity index (χ4v) is 3.60. The summed E-state index contributed by atoms with van der Waals surface area (Å²) in [5, 5.41) is 11.6. The molecule has 160 valence electrons. The smallest absolute Gasteiger partial charge is 0.290 e. The molecule has 7 heteroatoms. The van der Waals surface area contributed by atoms with Crippen molar-refractivity contribution in [3.05, 3.63) is 23.3 Å². The zero-order valence-electron chi connectivity index (χ0n) is 18.1. The maximum atomic E-state index is 8.36. The van der Waals surface area contributed by atoms with Gasteiger partial charge in [0.25, 0.3) is 6.47 Å². The van der Waals surface area contributed by atoms with Crippen LogP contribution in [0.25, 0.3) is 10.9 Å². The zero-order valence-corrected chi connectivity index (χ0v) is 18.1. The SMILES string of the molecule is COc1cc2c3c(c(NC(C)C)nc2cc1OCCCN(C)C)CCC3.O=CO. The first kappa shape index (κ1) is 22.7. The van der Waals surface area contributed by atoms with Gasteiger partial charge in [-0.3, -0.25) is 4.79 Å². The maximum absolute atomic E-state index is 8.36. The van der Waals surface area contributed by atoms with Crippen LogP contribution in [0.5, 0.6) is 11.5 Å². The van der Waals surface area contributed by atoms with Gasteiger partial charge in [-0.1, -0.05) is 0 Å². The molecule has 1 aromatic heterocycles. The highest BCUT2D eigenvalue weighted by molar-refractivity contribution is 5.89. The first-order valence-corrected chi connectivity index (χ1v) is 10.1. The average molecular weight is 404 g/mol. The highest BCUT2D eigenvalue weighted by Gasteiger charge is 2.22. The lowest BCUT2D eigenvalue weighted by Gasteiger charge is -2.18. The van der Waals surface area contributed by atoms with Gasteiger partial charge in [-0.15, -0.1) is 0 Å². The van der Waals surface area contributed by atoms with E-state index in [9.17, 15) is 0 Å². The number of fused-ring (bicyclic) bond motifs is 3. The number of hydrogen-bond acceptors (Lipinski definition) is 6. The Morgan fingerprint density at radius 3 is 2.55 bits per heavy atom. The number of anilines is 1. The van der Waals surface area contributed by atoms with Crippen molar-refractivity contribution in [1.29, 1.82) is 0 Å². The maximum Gasteiger partial charge on any atom is 0.290 e. The second-order valence-electron chi connectivity index (χ2n) is 7.70. The number of hydrogen-bond donors (Lipinski definition) is 2. The number of aromatic nitrogens is 1. The van der Waals surface area contributed by atoms with Crippen molar-refractivity contribution in [2.75, 3.05) is 39.7 Å². The van der Waals surface area contributed by atoms with Crippen LogP contribution in [0, 0.1) is 0 Å². The van der Waals surface area contributed by atoms with E-state index in [2.05, 4.69) is 44.2 Å². The monoisotopic (exact) mass is 403 g/mol. The Kier molecular flexibility index (Phi) is 8.51. The van der Waals surface area contributed by atoms with Crippen molar-refractivity contribution < 1.29 is 19.4 Å². The van der Waals surface area contributed by atoms with Gasteiger partial charge >= 0.3 is 0 Å². The summed E-state index contributed by atoms with van der Waals surface area (Å²) in [7, 11) is 5.85. The molecule has 0 saturated carbocycles. The minimum atomic E-state index is -0.250. The van der Waals surface area contributed by atoms with Crippen molar-refractivity contribution in [2.45, 2.75) is 45.6 Å². The van der Waals surface area contributed by atoms with Crippen molar-refractivity contribution in [1.82, 2.24) is 9.88 Å². The molecule has 2 aromatic rings. The first-order valence-electron chi connectivity index (χ1n) is 10.1. The Morgan fingerprint density at radius 2 is 1.93 bits per heavy atom. The number of aryl methyl sites for hydroxylation is 1. The minimum absolute atomic E-state index is 0.250. The van der Waals surface area contributed by atoms with E-state index in [1.165, 1.54) is 22.9 Å². The fourth-order valence-electron chi connectivity index (χ4n) is 3.60. The molecule has 0 unspecified atom stereocenters.